The van der Waals surface area contributed by atoms with Crippen molar-refractivity contribution in [3.05, 3.63) is 59.2 Å². The number of nitrogens with zero attached hydrogens (tertiary/aromatic N) is 5. The van der Waals surface area contributed by atoms with Crippen LogP contribution in [0.1, 0.15) is 35.7 Å². The van der Waals surface area contributed by atoms with Crippen LogP contribution in [0.15, 0.2) is 42.3 Å². The number of hydrogen-bond donors (Lipinski definition) is 0. The lowest BCUT2D eigenvalue weighted by Crippen LogP contribution is -2.04. The first-order valence-corrected chi connectivity index (χ1v) is 7.99. The first-order valence-electron chi connectivity index (χ1n) is 7.99. The number of imidazole rings is 1. The smallest absolute Gasteiger partial charge is 0.197 e. The van der Waals surface area contributed by atoms with Crippen LogP contribution in [-0.4, -0.2) is 24.5 Å². The predicted molar refractivity (Wildman–Crippen MR) is 88.6 cm³/mol. The number of allylic oxidation sites excluding steroid dienone is 2. The van der Waals surface area contributed by atoms with Gasteiger partial charge in [0.1, 0.15) is 12.2 Å². The number of halogens is 1. The summed E-state index contributed by atoms with van der Waals surface area (Å²) in [6.07, 6.45) is 11.2. The first kappa shape index (κ1) is 13.5. The molecule has 3 heterocycles. The van der Waals surface area contributed by atoms with Gasteiger partial charge in [0.2, 0.25) is 0 Å². The Bertz CT molecular complexity index is 1010. The van der Waals surface area contributed by atoms with Gasteiger partial charge in [0.05, 0.1) is 17.6 Å². The zero-order chi connectivity index (χ0) is 16.1. The Morgan fingerprint density at radius 3 is 3.00 bits per heavy atom. The number of hydrogen-bond acceptors (Lipinski definition) is 4. The average Bonchev–Trinajstić information content (AvgIpc) is 3.38. The summed E-state index contributed by atoms with van der Waals surface area (Å²) in [4.78, 5) is 17.5. The van der Waals surface area contributed by atoms with Gasteiger partial charge in [-0.05, 0) is 24.5 Å². The summed E-state index contributed by atoms with van der Waals surface area (Å²) in [6.45, 7) is 0. The number of pyridine rings is 1. The largest absolute Gasteiger partial charge is 0.288 e. The molecule has 0 bridgehead atoms. The molecule has 0 unspecified atom stereocenters. The van der Waals surface area contributed by atoms with Crippen LogP contribution in [-0.2, 0) is 6.42 Å². The number of aromatic nitrogens is 5. The number of rotatable bonds is 2. The van der Waals surface area contributed by atoms with Crippen molar-refractivity contribution in [2.75, 3.05) is 0 Å². The van der Waals surface area contributed by atoms with Crippen molar-refractivity contribution >= 4 is 23.6 Å². The normalized spacial score (nSPS) is 18.7. The Labute approximate surface area is 137 Å². The lowest BCUT2D eigenvalue weighted by molar-refractivity contribution is 0.648. The van der Waals surface area contributed by atoms with E-state index in [1.807, 2.05) is 12.1 Å². The summed E-state index contributed by atoms with van der Waals surface area (Å²) >= 11 is 0. The molecule has 24 heavy (non-hydrogen) atoms. The average molecular weight is 319 g/mol. The minimum absolute atomic E-state index is 0.269. The fourth-order valence-electron chi connectivity index (χ4n) is 3.00. The van der Waals surface area contributed by atoms with E-state index in [2.05, 4.69) is 19.9 Å². The van der Waals surface area contributed by atoms with Gasteiger partial charge in [-0.2, -0.15) is 0 Å². The minimum Gasteiger partial charge on any atom is -0.288 e. The maximum absolute atomic E-state index is 14.4. The van der Waals surface area contributed by atoms with Crippen LogP contribution in [0, 0.1) is 0 Å². The molecule has 0 radical (unpaired) electrons. The highest BCUT2D eigenvalue weighted by Crippen LogP contribution is 2.39. The molecular formula is C18H14FN5. The molecule has 0 aromatic carbocycles. The van der Waals surface area contributed by atoms with Gasteiger partial charge in [0, 0.05) is 36.4 Å². The van der Waals surface area contributed by atoms with E-state index in [1.165, 1.54) is 6.08 Å². The molecule has 0 N–H and O–H groups in total. The standard InChI is InChI=1S/C18H14FN5/c19-14-7-15-12(2-1-5-20-15)6-13(14)9-24-10-22-17-18(24)23-16(8-21-17)11-3-4-11/h1-2,5,7-11H,3-4,6H2. The third kappa shape index (κ3) is 2.22. The molecule has 2 aliphatic carbocycles. The summed E-state index contributed by atoms with van der Waals surface area (Å²) < 4.78 is 16.2. The van der Waals surface area contributed by atoms with Crippen LogP contribution in [0.2, 0.25) is 0 Å². The molecule has 3 aromatic rings. The summed E-state index contributed by atoms with van der Waals surface area (Å²) in [5.41, 5.74) is 4.55. The molecule has 5 nitrogen and oxygen atoms in total. The molecule has 1 fully saturated rings. The van der Waals surface area contributed by atoms with E-state index >= 15 is 0 Å². The molecule has 2 aliphatic rings. The Balaban J connectivity index is 1.59. The van der Waals surface area contributed by atoms with Gasteiger partial charge in [-0.1, -0.05) is 6.07 Å². The van der Waals surface area contributed by atoms with Crippen LogP contribution >= 0.6 is 0 Å². The Hall–Kier alpha value is -2.89. The van der Waals surface area contributed by atoms with Crippen LogP contribution < -0.4 is 0 Å². The van der Waals surface area contributed by atoms with Crippen molar-refractivity contribution in [2.24, 2.45) is 0 Å². The van der Waals surface area contributed by atoms with Crippen molar-refractivity contribution in [2.45, 2.75) is 25.2 Å². The van der Waals surface area contributed by atoms with Crippen LogP contribution in [0.25, 0.3) is 23.6 Å². The lowest BCUT2D eigenvalue weighted by atomic mass is 9.97. The minimum atomic E-state index is -0.269. The Kier molecular flexibility index (Phi) is 2.85. The van der Waals surface area contributed by atoms with Crippen molar-refractivity contribution in [1.82, 2.24) is 24.5 Å². The fraction of sp³-hybridized carbons (Fsp3) is 0.222. The van der Waals surface area contributed by atoms with Gasteiger partial charge in [0.15, 0.2) is 11.3 Å². The first-order chi connectivity index (χ1) is 11.8. The molecule has 0 saturated heterocycles. The lowest BCUT2D eigenvalue weighted by Gasteiger charge is -2.14. The molecule has 0 amide bonds. The SMILES string of the molecule is FC1=Cc2ncccc2CC1=Cn1cnc2ncc(C3CC3)nc21. The summed E-state index contributed by atoms with van der Waals surface area (Å²) in [5, 5.41) is 0. The van der Waals surface area contributed by atoms with Crippen LogP contribution in [0.5, 0.6) is 0 Å². The topological polar surface area (TPSA) is 56.5 Å². The van der Waals surface area contributed by atoms with E-state index in [0.717, 1.165) is 24.1 Å². The van der Waals surface area contributed by atoms with E-state index in [4.69, 9.17) is 0 Å². The third-order valence-electron chi connectivity index (χ3n) is 4.47. The summed E-state index contributed by atoms with van der Waals surface area (Å²) in [7, 11) is 0. The highest BCUT2D eigenvalue weighted by Gasteiger charge is 2.26. The second-order valence-electron chi connectivity index (χ2n) is 6.24. The Morgan fingerprint density at radius 2 is 2.12 bits per heavy atom. The van der Waals surface area contributed by atoms with Gasteiger partial charge in [-0.3, -0.25) is 9.55 Å². The molecule has 0 spiro atoms. The molecule has 3 aromatic heterocycles. The zero-order valence-corrected chi connectivity index (χ0v) is 12.9. The van der Waals surface area contributed by atoms with Gasteiger partial charge in [-0.15, -0.1) is 0 Å². The molecule has 5 rings (SSSR count). The monoisotopic (exact) mass is 319 g/mol. The Morgan fingerprint density at radius 1 is 1.21 bits per heavy atom. The predicted octanol–water partition coefficient (Wildman–Crippen LogP) is 3.51. The van der Waals surface area contributed by atoms with E-state index in [0.29, 0.717) is 34.9 Å². The van der Waals surface area contributed by atoms with Crippen molar-refractivity contribution in [1.29, 1.82) is 0 Å². The zero-order valence-electron chi connectivity index (χ0n) is 12.9. The second kappa shape index (κ2) is 5.06. The van der Waals surface area contributed by atoms with Crippen molar-refractivity contribution in [3.8, 4) is 0 Å². The van der Waals surface area contributed by atoms with Crippen molar-refractivity contribution < 1.29 is 4.39 Å². The van der Waals surface area contributed by atoms with Gasteiger partial charge < -0.3 is 0 Å². The number of fused-ring (bicyclic) bond motifs is 2. The summed E-state index contributed by atoms with van der Waals surface area (Å²) in [5.74, 6) is 0.247. The third-order valence-corrected chi connectivity index (χ3v) is 4.47. The van der Waals surface area contributed by atoms with Crippen LogP contribution in [0.4, 0.5) is 4.39 Å². The van der Waals surface area contributed by atoms with E-state index < -0.39 is 0 Å². The maximum Gasteiger partial charge on any atom is 0.197 e. The van der Waals surface area contributed by atoms with Gasteiger partial charge in [-0.25, -0.2) is 19.3 Å². The van der Waals surface area contributed by atoms with E-state index in [1.54, 1.807) is 29.5 Å². The van der Waals surface area contributed by atoms with Crippen LogP contribution in [0.3, 0.4) is 0 Å². The molecule has 0 aliphatic heterocycles. The molecule has 1 saturated carbocycles. The van der Waals surface area contributed by atoms with Gasteiger partial charge >= 0.3 is 0 Å². The van der Waals surface area contributed by atoms with Crippen molar-refractivity contribution in [3.63, 3.8) is 0 Å². The van der Waals surface area contributed by atoms with E-state index in [9.17, 15) is 4.39 Å². The fourth-order valence-corrected chi connectivity index (χ4v) is 3.00. The summed E-state index contributed by atoms with van der Waals surface area (Å²) in [6, 6.07) is 3.84. The molecular weight excluding hydrogens is 305 g/mol. The molecule has 118 valence electrons. The molecule has 6 heteroatoms. The highest BCUT2D eigenvalue weighted by atomic mass is 19.1. The second-order valence-corrected chi connectivity index (χ2v) is 6.24. The highest BCUT2D eigenvalue weighted by molar-refractivity contribution is 5.71. The quantitative estimate of drug-likeness (QED) is 0.725. The molecule has 0 atom stereocenters. The maximum atomic E-state index is 14.4. The van der Waals surface area contributed by atoms with E-state index in [-0.39, 0.29) is 5.83 Å². The van der Waals surface area contributed by atoms with Gasteiger partial charge in [0.25, 0.3) is 0 Å².